The van der Waals surface area contributed by atoms with Crippen LogP contribution in [0.2, 0.25) is 0 Å². The van der Waals surface area contributed by atoms with Crippen molar-refractivity contribution >= 4 is 22.5 Å². The molecule has 1 fully saturated rings. The summed E-state index contributed by atoms with van der Waals surface area (Å²) in [4.78, 5) is 26.6. The molecule has 0 radical (unpaired) electrons. The van der Waals surface area contributed by atoms with E-state index in [1.807, 2.05) is 36.4 Å². The van der Waals surface area contributed by atoms with E-state index in [1.165, 1.54) is 30.2 Å². The van der Waals surface area contributed by atoms with Crippen LogP contribution < -0.4 is 4.74 Å². The maximum Gasteiger partial charge on any atom is 0.162 e. The van der Waals surface area contributed by atoms with E-state index in [2.05, 4.69) is 53.1 Å². The second-order valence-electron chi connectivity index (χ2n) is 11.9. The quantitative estimate of drug-likeness (QED) is 0.229. The molecule has 4 nitrogen and oxygen atoms in total. The Kier molecular flexibility index (Phi) is 8.98. The first kappa shape index (κ1) is 28.2. The Morgan fingerprint density at radius 3 is 2.21 bits per heavy atom. The monoisotopic (exact) mass is 559 g/mol. The fourth-order valence-electron chi connectivity index (χ4n) is 6.71. The summed E-state index contributed by atoms with van der Waals surface area (Å²) in [5.41, 5.74) is 6.48. The lowest BCUT2D eigenvalue weighted by Crippen LogP contribution is -2.12. The summed E-state index contributed by atoms with van der Waals surface area (Å²) in [5, 5.41) is 1.19. The van der Waals surface area contributed by atoms with Crippen molar-refractivity contribution in [2.24, 2.45) is 0 Å². The lowest BCUT2D eigenvalue weighted by molar-refractivity contribution is -0.119. The number of ketones is 2. The van der Waals surface area contributed by atoms with Crippen LogP contribution in [0.25, 0.3) is 22.2 Å². The van der Waals surface area contributed by atoms with E-state index in [4.69, 9.17) is 4.74 Å². The van der Waals surface area contributed by atoms with E-state index in [0.29, 0.717) is 31.9 Å². The Balaban J connectivity index is 1.44. The van der Waals surface area contributed by atoms with Crippen LogP contribution in [0, 0.1) is 0 Å². The molecule has 0 amide bonds. The van der Waals surface area contributed by atoms with E-state index in [9.17, 15) is 9.59 Å². The molecule has 0 spiro atoms. The van der Waals surface area contributed by atoms with Gasteiger partial charge >= 0.3 is 0 Å². The first-order chi connectivity index (χ1) is 20.7. The predicted octanol–water partition coefficient (Wildman–Crippen LogP) is 9.60. The Morgan fingerprint density at radius 1 is 0.738 bits per heavy atom. The highest BCUT2D eigenvalue weighted by molar-refractivity contribution is 6.02. The molecule has 4 heteroatoms. The summed E-state index contributed by atoms with van der Waals surface area (Å²) in [7, 11) is 0. The van der Waals surface area contributed by atoms with Crippen molar-refractivity contribution in [2.45, 2.75) is 89.7 Å². The van der Waals surface area contributed by atoms with Crippen LogP contribution in [0.15, 0.2) is 84.9 Å². The Bertz CT molecular complexity index is 1560. The zero-order chi connectivity index (χ0) is 28.7. The van der Waals surface area contributed by atoms with Crippen LogP contribution in [-0.4, -0.2) is 16.1 Å². The van der Waals surface area contributed by atoms with Gasteiger partial charge in [0.2, 0.25) is 0 Å². The summed E-state index contributed by atoms with van der Waals surface area (Å²) in [6.07, 6.45) is 15.0. The van der Waals surface area contributed by atoms with Crippen molar-refractivity contribution in [2.75, 3.05) is 0 Å². The highest BCUT2D eigenvalue weighted by Gasteiger charge is 2.28. The van der Waals surface area contributed by atoms with Gasteiger partial charge in [0, 0.05) is 29.3 Å². The summed E-state index contributed by atoms with van der Waals surface area (Å²) in [6.45, 7) is 0.848. The van der Waals surface area contributed by atoms with Crippen LogP contribution in [0.5, 0.6) is 5.75 Å². The molecule has 1 aromatic heterocycles. The molecule has 216 valence electrons. The minimum atomic E-state index is 0.180. The van der Waals surface area contributed by atoms with Gasteiger partial charge in [0.05, 0.1) is 12.2 Å². The number of rotatable bonds is 5. The molecule has 0 atom stereocenters. The molecule has 2 heterocycles. The normalized spacial score (nSPS) is 18.1. The lowest BCUT2D eigenvalue weighted by Gasteiger charge is -2.24. The van der Waals surface area contributed by atoms with Crippen molar-refractivity contribution in [1.29, 1.82) is 0 Å². The maximum atomic E-state index is 13.4. The number of aromatic nitrogens is 1. The fraction of sp³-hybridized carbons (Fsp3) is 0.368. The largest absolute Gasteiger partial charge is 0.489 e. The van der Waals surface area contributed by atoms with Gasteiger partial charge < -0.3 is 9.30 Å². The van der Waals surface area contributed by atoms with Gasteiger partial charge in [0.15, 0.2) is 11.6 Å². The van der Waals surface area contributed by atoms with Gasteiger partial charge in [0.25, 0.3) is 0 Å². The van der Waals surface area contributed by atoms with Gasteiger partial charge in [-0.2, -0.15) is 0 Å². The molecule has 0 N–H and O–H groups in total. The smallest absolute Gasteiger partial charge is 0.162 e. The maximum absolute atomic E-state index is 13.4. The van der Waals surface area contributed by atoms with Crippen LogP contribution in [0.4, 0.5) is 0 Å². The second kappa shape index (κ2) is 13.4. The molecule has 6 rings (SSSR count). The average Bonchev–Trinajstić information content (AvgIpc) is 3.35. The third-order valence-corrected chi connectivity index (χ3v) is 8.92. The van der Waals surface area contributed by atoms with E-state index in [0.717, 1.165) is 72.2 Å². The zero-order valence-electron chi connectivity index (χ0n) is 24.5. The summed E-state index contributed by atoms with van der Waals surface area (Å²) < 4.78 is 8.33. The molecule has 1 aliphatic heterocycles. The first-order valence-corrected chi connectivity index (χ1v) is 15.8. The van der Waals surface area contributed by atoms with Crippen LogP contribution in [0.3, 0.4) is 0 Å². The highest BCUT2D eigenvalue weighted by Crippen LogP contribution is 2.44. The van der Waals surface area contributed by atoms with Gasteiger partial charge in [-0.1, -0.05) is 73.9 Å². The first-order valence-electron chi connectivity index (χ1n) is 15.8. The van der Waals surface area contributed by atoms with Crippen molar-refractivity contribution in [3.8, 4) is 17.0 Å². The summed E-state index contributed by atoms with van der Waals surface area (Å²) >= 11 is 0. The Morgan fingerprint density at radius 2 is 1.45 bits per heavy atom. The average molecular weight is 560 g/mol. The molecular formula is C38H41NO3. The zero-order valence-corrected chi connectivity index (χ0v) is 24.5. The number of ether oxygens (including phenoxy) is 1. The molecule has 1 saturated carbocycles. The van der Waals surface area contributed by atoms with Gasteiger partial charge in [-0.25, -0.2) is 0 Å². The minimum Gasteiger partial charge on any atom is -0.489 e. The van der Waals surface area contributed by atoms with Gasteiger partial charge in [-0.15, -0.1) is 0 Å². The third kappa shape index (κ3) is 6.43. The molecule has 2 bridgehead atoms. The van der Waals surface area contributed by atoms with Crippen LogP contribution in [0.1, 0.15) is 98.0 Å². The SMILES string of the molecule is O=C1CCC/C=C\CCCC(=O)c2ccc3c(C4CCCCC4)c(-c4ccc(OCc5ccccc5)cc4)n(c3c2)C1. The number of hydrogen-bond acceptors (Lipinski definition) is 3. The topological polar surface area (TPSA) is 48.3 Å². The van der Waals surface area contributed by atoms with Crippen molar-refractivity contribution in [3.63, 3.8) is 0 Å². The molecule has 2 aliphatic rings. The van der Waals surface area contributed by atoms with Gasteiger partial charge in [-0.05, 0) is 91.5 Å². The minimum absolute atomic E-state index is 0.180. The van der Waals surface area contributed by atoms with E-state index in [1.54, 1.807) is 0 Å². The number of benzene rings is 3. The number of allylic oxidation sites excluding steroid dienone is 2. The molecule has 0 saturated heterocycles. The van der Waals surface area contributed by atoms with Crippen LogP contribution >= 0.6 is 0 Å². The molecule has 3 aromatic carbocycles. The number of Topliss-reactive ketones (excluding diaryl/α,β-unsaturated/α-hetero) is 2. The number of fused-ring (bicyclic) bond motifs is 1. The van der Waals surface area contributed by atoms with Crippen molar-refractivity contribution < 1.29 is 14.3 Å². The molecule has 1 aliphatic carbocycles. The molecule has 4 aromatic rings. The Hall–Kier alpha value is -3.92. The molecule has 42 heavy (non-hydrogen) atoms. The molecular weight excluding hydrogens is 518 g/mol. The van der Waals surface area contributed by atoms with Crippen molar-refractivity contribution in [1.82, 2.24) is 4.57 Å². The van der Waals surface area contributed by atoms with Crippen molar-refractivity contribution in [3.05, 3.63) is 102 Å². The number of hydrogen-bond donors (Lipinski definition) is 0. The lowest BCUT2D eigenvalue weighted by atomic mass is 9.81. The number of carbonyl (C=O) groups excluding carboxylic acids is 2. The standard InChI is InChI=1S/C38H41NO3/c40-32-17-11-3-1-2-4-12-18-36(41)31-21-24-34-35(25-31)39(26-32)38(37(34)29-15-9-6-10-16-29)30-19-22-33(23-20-30)42-27-28-13-7-5-8-14-28/h1-2,5,7-8,13-14,19-25,29H,3-4,6,9-12,15-18,26-27H2/b2-1-. The van der Waals surface area contributed by atoms with Gasteiger partial charge in [0.1, 0.15) is 12.4 Å². The molecule has 0 unspecified atom stereocenters. The highest BCUT2D eigenvalue weighted by atomic mass is 16.5. The number of nitrogens with zero attached hydrogens (tertiary/aromatic N) is 1. The Labute approximate surface area is 249 Å². The van der Waals surface area contributed by atoms with Gasteiger partial charge in [-0.3, -0.25) is 9.59 Å². The predicted molar refractivity (Wildman–Crippen MR) is 170 cm³/mol. The summed E-state index contributed by atoms with van der Waals surface area (Å²) in [5.74, 6) is 1.69. The van der Waals surface area contributed by atoms with E-state index < -0.39 is 0 Å². The van der Waals surface area contributed by atoms with E-state index >= 15 is 0 Å². The van der Waals surface area contributed by atoms with Crippen LogP contribution in [-0.2, 0) is 17.9 Å². The summed E-state index contributed by atoms with van der Waals surface area (Å²) in [6, 6.07) is 24.8. The number of carbonyl (C=O) groups is 2. The van der Waals surface area contributed by atoms with E-state index in [-0.39, 0.29) is 11.6 Å². The fourth-order valence-corrected chi connectivity index (χ4v) is 6.71. The second-order valence-corrected chi connectivity index (χ2v) is 11.9. The third-order valence-electron chi connectivity index (χ3n) is 8.92.